The molecule has 124 valence electrons. The molecule has 1 N–H and O–H groups in total. The molecule has 3 atom stereocenters. The molecular weight excluding hydrogens is 307 g/mol. The van der Waals surface area contributed by atoms with Crippen LogP contribution in [-0.4, -0.2) is 48.5 Å². The van der Waals surface area contributed by atoms with E-state index >= 15 is 0 Å². The van der Waals surface area contributed by atoms with Gasteiger partial charge in [-0.1, -0.05) is 13.8 Å². The zero-order valence-corrected chi connectivity index (χ0v) is 11.2. The maximum Gasteiger partial charge on any atom is 0.449 e. The number of carbonyl (C=O) groups excluding carboxylic acids is 1. The summed E-state index contributed by atoms with van der Waals surface area (Å²) in [6.45, 7) is 0.778. The maximum atomic E-state index is 13.7. The summed E-state index contributed by atoms with van der Waals surface area (Å²) in [6, 6.07) is 0. The lowest BCUT2D eigenvalue weighted by molar-refractivity contribution is -0.484. The number of hydrogen-bond acceptors (Lipinski definition) is 5. The molecule has 10 heteroatoms. The van der Waals surface area contributed by atoms with Gasteiger partial charge in [-0.15, -0.1) is 0 Å². The minimum atomic E-state index is -5.74. The summed E-state index contributed by atoms with van der Waals surface area (Å²) in [7, 11) is 0. The average Bonchev–Trinajstić information content (AvgIpc) is 2.37. The fraction of sp³-hybridized carbons (Fsp3) is 0.909. The van der Waals surface area contributed by atoms with Gasteiger partial charge < -0.3 is 19.3 Å². The van der Waals surface area contributed by atoms with Gasteiger partial charge in [0.15, 0.2) is 12.9 Å². The van der Waals surface area contributed by atoms with Crippen LogP contribution in [-0.2, 0) is 19.0 Å². The molecule has 1 rings (SSSR count). The molecule has 1 aliphatic heterocycles. The molecule has 0 saturated carbocycles. The standard InChI is InChI=1S/C11H15F5O5/c1-3-6(2)8(17)19-4-7-9(12,13)10(18,11(14,15)16)21-5-20-7/h6-7,18H,3-5H2,1-2H3. The van der Waals surface area contributed by atoms with E-state index < -0.39 is 49.3 Å². The van der Waals surface area contributed by atoms with E-state index in [-0.39, 0.29) is 0 Å². The van der Waals surface area contributed by atoms with Crippen molar-refractivity contribution in [3.8, 4) is 0 Å². The van der Waals surface area contributed by atoms with Crippen LogP contribution in [0.2, 0.25) is 0 Å². The van der Waals surface area contributed by atoms with E-state index in [1.54, 1.807) is 6.92 Å². The molecule has 0 aliphatic carbocycles. The Balaban J connectivity index is 2.82. The first-order valence-electron chi connectivity index (χ1n) is 6.06. The summed E-state index contributed by atoms with van der Waals surface area (Å²) in [6.07, 6.45) is -7.83. The number of ether oxygens (including phenoxy) is 3. The molecule has 0 bridgehead atoms. The van der Waals surface area contributed by atoms with Crippen LogP contribution in [0.3, 0.4) is 0 Å². The van der Waals surface area contributed by atoms with Crippen LogP contribution in [0.5, 0.6) is 0 Å². The summed E-state index contributed by atoms with van der Waals surface area (Å²) in [5.74, 6) is -11.0. The lowest BCUT2D eigenvalue weighted by Gasteiger charge is -2.43. The normalized spacial score (nSPS) is 30.8. The Kier molecular flexibility index (Phi) is 5.17. The van der Waals surface area contributed by atoms with Gasteiger partial charge in [-0.2, -0.15) is 22.0 Å². The quantitative estimate of drug-likeness (QED) is 0.632. The number of halogens is 5. The van der Waals surface area contributed by atoms with Gasteiger partial charge in [0.25, 0.3) is 0 Å². The summed E-state index contributed by atoms with van der Waals surface area (Å²) >= 11 is 0. The van der Waals surface area contributed by atoms with Crippen LogP contribution >= 0.6 is 0 Å². The topological polar surface area (TPSA) is 65.0 Å². The Morgan fingerprint density at radius 2 is 2.05 bits per heavy atom. The first kappa shape index (κ1) is 18.1. The van der Waals surface area contributed by atoms with Crippen molar-refractivity contribution >= 4 is 5.97 Å². The van der Waals surface area contributed by atoms with Gasteiger partial charge in [0, 0.05) is 0 Å². The van der Waals surface area contributed by atoms with Gasteiger partial charge in [0.2, 0.25) is 0 Å². The highest BCUT2D eigenvalue weighted by molar-refractivity contribution is 5.71. The third-order valence-corrected chi connectivity index (χ3v) is 3.17. The number of rotatable bonds is 4. The van der Waals surface area contributed by atoms with Crippen molar-refractivity contribution in [2.24, 2.45) is 5.92 Å². The third kappa shape index (κ3) is 3.27. The van der Waals surface area contributed by atoms with E-state index in [2.05, 4.69) is 14.2 Å². The molecule has 1 saturated heterocycles. The summed E-state index contributed by atoms with van der Waals surface area (Å²) < 4.78 is 77.6. The zero-order chi connectivity index (χ0) is 16.5. The van der Waals surface area contributed by atoms with Gasteiger partial charge in [-0.05, 0) is 6.42 Å². The fourth-order valence-electron chi connectivity index (χ4n) is 1.51. The molecule has 0 aromatic carbocycles. The smallest absolute Gasteiger partial charge is 0.449 e. The first-order valence-corrected chi connectivity index (χ1v) is 6.06. The summed E-state index contributed by atoms with van der Waals surface area (Å²) in [5, 5.41) is 9.11. The van der Waals surface area contributed by atoms with Crippen molar-refractivity contribution in [3.05, 3.63) is 0 Å². The number of esters is 1. The largest absolute Gasteiger partial charge is 0.462 e. The number of alkyl halides is 5. The predicted molar refractivity (Wildman–Crippen MR) is 57.2 cm³/mol. The Labute approximate surface area is 117 Å². The molecule has 0 radical (unpaired) electrons. The molecule has 1 heterocycles. The summed E-state index contributed by atoms with van der Waals surface area (Å²) in [4.78, 5) is 11.3. The molecule has 5 nitrogen and oxygen atoms in total. The van der Waals surface area contributed by atoms with Gasteiger partial charge in [-0.3, -0.25) is 4.79 Å². The van der Waals surface area contributed by atoms with Crippen molar-refractivity contribution in [2.75, 3.05) is 13.4 Å². The monoisotopic (exact) mass is 322 g/mol. The van der Waals surface area contributed by atoms with Crippen molar-refractivity contribution in [3.63, 3.8) is 0 Å². The van der Waals surface area contributed by atoms with Crippen molar-refractivity contribution in [1.29, 1.82) is 0 Å². The van der Waals surface area contributed by atoms with E-state index in [0.29, 0.717) is 6.42 Å². The third-order valence-electron chi connectivity index (χ3n) is 3.17. The predicted octanol–water partition coefficient (Wildman–Crippen LogP) is 1.83. The van der Waals surface area contributed by atoms with Gasteiger partial charge >= 0.3 is 23.9 Å². The number of carbonyl (C=O) groups is 1. The Hall–Kier alpha value is -1.00. The average molecular weight is 322 g/mol. The second kappa shape index (κ2) is 6.01. The highest BCUT2D eigenvalue weighted by atomic mass is 19.4. The van der Waals surface area contributed by atoms with Crippen LogP contribution < -0.4 is 0 Å². The Morgan fingerprint density at radius 1 is 1.48 bits per heavy atom. The van der Waals surface area contributed by atoms with Crippen LogP contribution in [0, 0.1) is 5.92 Å². The highest BCUT2D eigenvalue weighted by Crippen LogP contribution is 2.47. The van der Waals surface area contributed by atoms with Crippen LogP contribution in [0.4, 0.5) is 22.0 Å². The zero-order valence-electron chi connectivity index (χ0n) is 11.2. The maximum absolute atomic E-state index is 13.7. The molecule has 0 aromatic heterocycles. The second-order valence-corrected chi connectivity index (χ2v) is 4.62. The Morgan fingerprint density at radius 3 is 2.52 bits per heavy atom. The van der Waals surface area contributed by atoms with Crippen LogP contribution in [0.15, 0.2) is 0 Å². The lowest BCUT2D eigenvalue weighted by atomic mass is 10.0. The van der Waals surface area contributed by atoms with E-state index in [0.717, 1.165) is 0 Å². The van der Waals surface area contributed by atoms with Crippen molar-refractivity contribution < 1.29 is 46.1 Å². The SMILES string of the molecule is CCC(C)C(=O)OCC1OCOC(O)(C(F)(F)F)C1(F)F. The van der Waals surface area contributed by atoms with Gasteiger partial charge in [-0.25, -0.2) is 0 Å². The molecule has 21 heavy (non-hydrogen) atoms. The first-order chi connectivity index (χ1) is 9.47. The van der Waals surface area contributed by atoms with E-state index in [1.807, 2.05) is 0 Å². The molecule has 1 aliphatic rings. The van der Waals surface area contributed by atoms with Crippen molar-refractivity contribution in [1.82, 2.24) is 0 Å². The molecule has 0 aromatic rings. The van der Waals surface area contributed by atoms with E-state index in [4.69, 9.17) is 5.11 Å². The fourth-order valence-corrected chi connectivity index (χ4v) is 1.51. The highest BCUT2D eigenvalue weighted by Gasteiger charge is 2.75. The van der Waals surface area contributed by atoms with Gasteiger partial charge in [0.1, 0.15) is 6.61 Å². The molecule has 0 spiro atoms. The molecule has 1 fully saturated rings. The molecule has 0 amide bonds. The number of aliphatic hydroxyl groups is 1. The van der Waals surface area contributed by atoms with Crippen LogP contribution in [0.25, 0.3) is 0 Å². The minimum absolute atomic E-state index is 0.371. The second-order valence-electron chi connectivity index (χ2n) is 4.62. The minimum Gasteiger partial charge on any atom is -0.462 e. The number of hydrogen-bond donors (Lipinski definition) is 1. The van der Waals surface area contributed by atoms with E-state index in [1.165, 1.54) is 6.92 Å². The molecular formula is C11H15F5O5. The lowest BCUT2D eigenvalue weighted by Crippen LogP contribution is -2.69. The van der Waals surface area contributed by atoms with Crippen LogP contribution in [0.1, 0.15) is 20.3 Å². The Bertz CT molecular complexity index is 386. The molecule has 3 unspecified atom stereocenters. The van der Waals surface area contributed by atoms with E-state index in [9.17, 15) is 26.7 Å². The summed E-state index contributed by atoms with van der Waals surface area (Å²) in [5.41, 5.74) is 0. The van der Waals surface area contributed by atoms with Gasteiger partial charge in [0.05, 0.1) is 5.92 Å². The van der Waals surface area contributed by atoms with Crippen molar-refractivity contribution in [2.45, 2.75) is 44.3 Å².